The maximum Gasteiger partial charge on any atom is 0.163 e. The predicted molar refractivity (Wildman–Crippen MR) is 83.7 cm³/mol. The lowest BCUT2D eigenvalue weighted by molar-refractivity contribution is 0.416. The zero-order chi connectivity index (χ0) is 14.5. The molecule has 1 aromatic carbocycles. The first-order valence-corrected chi connectivity index (χ1v) is 6.62. The van der Waals surface area contributed by atoms with E-state index in [-0.39, 0.29) is 0 Å². The lowest BCUT2D eigenvalue weighted by atomic mass is 10.2. The van der Waals surface area contributed by atoms with E-state index >= 15 is 0 Å². The average Bonchev–Trinajstić information content (AvgIpc) is 2.45. The van der Waals surface area contributed by atoms with Gasteiger partial charge in [-0.3, -0.25) is 0 Å². The average molecular weight is 271 g/mol. The SMILES string of the molecule is CN(C)CCN(C)c1cc(N)nc(-c2ccccc2)n1. The molecule has 0 unspecified atom stereocenters. The quantitative estimate of drug-likeness (QED) is 0.897. The summed E-state index contributed by atoms with van der Waals surface area (Å²) >= 11 is 0. The molecule has 1 aromatic heterocycles. The van der Waals surface area contributed by atoms with Gasteiger partial charge in [-0.05, 0) is 14.1 Å². The second-order valence-electron chi connectivity index (χ2n) is 5.07. The van der Waals surface area contributed by atoms with Gasteiger partial charge in [-0.25, -0.2) is 9.97 Å². The number of hydrogen-bond acceptors (Lipinski definition) is 5. The first-order chi connectivity index (χ1) is 9.56. The molecule has 5 heteroatoms. The van der Waals surface area contributed by atoms with Crippen LogP contribution >= 0.6 is 0 Å². The fourth-order valence-electron chi connectivity index (χ4n) is 1.83. The van der Waals surface area contributed by atoms with Crippen molar-refractivity contribution in [1.82, 2.24) is 14.9 Å². The fraction of sp³-hybridized carbons (Fsp3) is 0.333. The van der Waals surface area contributed by atoms with Gasteiger partial charge in [0, 0.05) is 31.8 Å². The summed E-state index contributed by atoms with van der Waals surface area (Å²) in [7, 11) is 6.12. The Morgan fingerprint density at radius 2 is 1.70 bits per heavy atom. The summed E-state index contributed by atoms with van der Waals surface area (Å²) in [6.45, 7) is 1.85. The number of nitrogens with zero attached hydrogens (tertiary/aromatic N) is 4. The first-order valence-electron chi connectivity index (χ1n) is 6.62. The third-order valence-electron chi connectivity index (χ3n) is 3.04. The first kappa shape index (κ1) is 14.3. The minimum atomic E-state index is 0.491. The Kier molecular flexibility index (Phi) is 4.53. The molecule has 1 heterocycles. The molecule has 0 fully saturated rings. The van der Waals surface area contributed by atoms with Crippen molar-refractivity contribution in [2.75, 3.05) is 44.9 Å². The van der Waals surface area contributed by atoms with Gasteiger partial charge in [0.15, 0.2) is 5.82 Å². The number of likely N-dealkylation sites (N-methyl/N-ethyl adjacent to an activating group) is 2. The van der Waals surface area contributed by atoms with Gasteiger partial charge in [-0.1, -0.05) is 30.3 Å². The van der Waals surface area contributed by atoms with Crippen molar-refractivity contribution < 1.29 is 0 Å². The largest absolute Gasteiger partial charge is 0.384 e. The molecule has 0 saturated carbocycles. The maximum absolute atomic E-state index is 5.90. The van der Waals surface area contributed by atoms with Crippen molar-refractivity contribution >= 4 is 11.6 Å². The van der Waals surface area contributed by atoms with Crippen molar-refractivity contribution in [3.63, 3.8) is 0 Å². The molecule has 0 saturated heterocycles. The number of hydrogen-bond donors (Lipinski definition) is 1. The van der Waals surface area contributed by atoms with E-state index in [9.17, 15) is 0 Å². The van der Waals surface area contributed by atoms with E-state index in [1.54, 1.807) is 0 Å². The molecule has 0 aliphatic heterocycles. The van der Waals surface area contributed by atoms with Crippen LogP contribution in [0.2, 0.25) is 0 Å². The van der Waals surface area contributed by atoms with E-state index in [0.717, 1.165) is 24.5 Å². The molecule has 0 amide bonds. The Balaban J connectivity index is 2.25. The third-order valence-corrected chi connectivity index (χ3v) is 3.04. The van der Waals surface area contributed by atoms with Crippen LogP contribution in [0.25, 0.3) is 11.4 Å². The molecule has 20 heavy (non-hydrogen) atoms. The molecule has 0 bridgehead atoms. The predicted octanol–water partition coefficient (Wildman–Crippen LogP) is 1.72. The Morgan fingerprint density at radius 1 is 1.00 bits per heavy atom. The smallest absolute Gasteiger partial charge is 0.163 e. The number of rotatable bonds is 5. The van der Waals surface area contributed by atoms with Crippen LogP contribution in [-0.4, -0.2) is 49.1 Å². The van der Waals surface area contributed by atoms with E-state index in [4.69, 9.17) is 5.73 Å². The van der Waals surface area contributed by atoms with Crippen LogP contribution in [0, 0.1) is 0 Å². The van der Waals surface area contributed by atoms with E-state index in [0.29, 0.717) is 11.6 Å². The minimum Gasteiger partial charge on any atom is -0.384 e. The Labute approximate surface area is 120 Å². The van der Waals surface area contributed by atoms with Gasteiger partial charge in [0.1, 0.15) is 11.6 Å². The van der Waals surface area contributed by atoms with Crippen LogP contribution < -0.4 is 10.6 Å². The summed E-state index contributed by atoms with van der Waals surface area (Å²) in [4.78, 5) is 13.1. The molecule has 106 valence electrons. The number of anilines is 2. The third kappa shape index (κ3) is 3.68. The number of aromatic nitrogens is 2. The van der Waals surface area contributed by atoms with Crippen LogP contribution in [-0.2, 0) is 0 Å². The monoisotopic (exact) mass is 271 g/mol. The van der Waals surface area contributed by atoms with Crippen molar-refractivity contribution in [1.29, 1.82) is 0 Å². The molecule has 0 spiro atoms. The molecule has 5 nitrogen and oxygen atoms in total. The highest BCUT2D eigenvalue weighted by molar-refractivity contribution is 5.60. The number of benzene rings is 1. The highest BCUT2D eigenvalue weighted by Crippen LogP contribution is 2.20. The van der Waals surface area contributed by atoms with Gasteiger partial charge in [0.05, 0.1) is 0 Å². The lowest BCUT2D eigenvalue weighted by Gasteiger charge is -2.21. The molecule has 0 aliphatic carbocycles. The van der Waals surface area contributed by atoms with Gasteiger partial charge in [0.2, 0.25) is 0 Å². The summed E-state index contributed by atoms with van der Waals surface area (Å²) in [5.41, 5.74) is 6.88. The van der Waals surface area contributed by atoms with Crippen molar-refractivity contribution in [3.8, 4) is 11.4 Å². The van der Waals surface area contributed by atoms with Gasteiger partial charge in [0.25, 0.3) is 0 Å². The second kappa shape index (κ2) is 6.34. The highest BCUT2D eigenvalue weighted by Gasteiger charge is 2.08. The van der Waals surface area contributed by atoms with Crippen molar-refractivity contribution in [2.45, 2.75) is 0 Å². The van der Waals surface area contributed by atoms with Gasteiger partial charge in [-0.2, -0.15) is 0 Å². The van der Waals surface area contributed by atoms with Crippen LogP contribution in [0.4, 0.5) is 11.6 Å². The van der Waals surface area contributed by atoms with Crippen LogP contribution in [0.1, 0.15) is 0 Å². The summed E-state index contributed by atoms with van der Waals surface area (Å²) in [6.07, 6.45) is 0. The summed E-state index contributed by atoms with van der Waals surface area (Å²) in [6, 6.07) is 11.7. The van der Waals surface area contributed by atoms with Crippen molar-refractivity contribution in [3.05, 3.63) is 36.4 Å². The standard InChI is InChI=1S/C15H21N5/c1-19(2)9-10-20(3)14-11-13(16)17-15(18-14)12-7-5-4-6-8-12/h4-8,11H,9-10H2,1-3H3,(H2,16,17,18). The zero-order valence-electron chi connectivity index (χ0n) is 12.2. The molecule has 2 aromatic rings. The topological polar surface area (TPSA) is 58.3 Å². The molecule has 0 atom stereocenters. The Hall–Kier alpha value is -2.14. The lowest BCUT2D eigenvalue weighted by Crippen LogP contribution is -2.29. The minimum absolute atomic E-state index is 0.491. The fourth-order valence-corrected chi connectivity index (χ4v) is 1.83. The number of nitrogens with two attached hydrogens (primary N) is 1. The van der Waals surface area contributed by atoms with Crippen molar-refractivity contribution in [2.24, 2.45) is 0 Å². The van der Waals surface area contributed by atoms with Crippen LogP contribution in [0.15, 0.2) is 36.4 Å². The molecule has 2 rings (SSSR count). The maximum atomic E-state index is 5.90. The van der Waals surface area contributed by atoms with E-state index in [1.165, 1.54) is 0 Å². The summed E-state index contributed by atoms with van der Waals surface area (Å²) in [5, 5.41) is 0. The summed E-state index contributed by atoms with van der Waals surface area (Å²) < 4.78 is 0. The van der Waals surface area contributed by atoms with Crippen LogP contribution in [0.5, 0.6) is 0 Å². The highest BCUT2D eigenvalue weighted by atomic mass is 15.2. The van der Waals surface area contributed by atoms with Gasteiger partial charge >= 0.3 is 0 Å². The Morgan fingerprint density at radius 3 is 2.35 bits per heavy atom. The number of nitrogen functional groups attached to an aromatic ring is 1. The molecule has 0 radical (unpaired) electrons. The summed E-state index contributed by atoms with van der Waals surface area (Å²) in [5.74, 6) is 2.00. The zero-order valence-corrected chi connectivity index (χ0v) is 12.2. The van der Waals surface area contributed by atoms with E-state index < -0.39 is 0 Å². The molecule has 0 aliphatic rings. The van der Waals surface area contributed by atoms with E-state index in [2.05, 4.69) is 33.9 Å². The Bertz CT molecular complexity index is 553. The van der Waals surface area contributed by atoms with Gasteiger partial charge < -0.3 is 15.5 Å². The second-order valence-corrected chi connectivity index (χ2v) is 5.07. The molecule has 2 N–H and O–H groups in total. The van der Waals surface area contributed by atoms with Gasteiger partial charge in [-0.15, -0.1) is 0 Å². The van der Waals surface area contributed by atoms with Crippen LogP contribution in [0.3, 0.4) is 0 Å². The van der Waals surface area contributed by atoms with E-state index in [1.807, 2.05) is 43.4 Å². The molecular weight excluding hydrogens is 250 g/mol. The normalized spacial score (nSPS) is 10.8. The molecular formula is C15H21N5.